The van der Waals surface area contributed by atoms with E-state index in [1.54, 1.807) is 12.4 Å². The van der Waals surface area contributed by atoms with Gasteiger partial charge < -0.3 is 4.42 Å². The molecule has 0 aliphatic carbocycles. The number of hydrogen-bond acceptors (Lipinski definition) is 4. The van der Waals surface area contributed by atoms with Gasteiger partial charge in [0.05, 0.1) is 0 Å². The molecule has 1 N–H and O–H groups in total. The predicted octanol–water partition coefficient (Wildman–Crippen LogP) is 4.12. The smallest absolute Gasteiger partial charge is 0.229 e. The van der Waals surface area contributed by atoms with Crippen LogP contribution < -0.4 is 5.32 Å². The highest BCUT2D eigenvalue weighted by Gasteiger charge is 2.07. The summed E-state index contributed by atoms with van der Waals surface area (Å²) in [5, 5.41) is 2.69. The van der Waals surface area contributed by atoms with E-state index in [0.29, 0.717) is 18.8 Å². The second-order valence-electron chi connectivity index (χ2n) is 5.64. The van der Waals surface area contributed by atoms with Crippen LogP contribution in [-0.2, 0) is 11.2 Å². The average Bonchev–Trinajstić information content (AvgIpc) is 3.06. The van der Waals surface area contributed by atoms with Crippen LogP contribution in [0.2, 0.25) is 0 Å². The maximum atomic E-state index is 11.9. The van der Waals surface area contributed by atoms with Crippen LogP contribution in [0.15, 0.2) is 59.3 Å². The van der Waals surface area contributed by atoms with Crippen molar-refractivity contribution in [1.29, 1.82) is 0 Å². The highest BCUT2D eigenvalue weighted by Crippen LogP contribution is 2.10. The van der Waals surface area contributed by atoms with Gasteiger partial charge in [-0.2, -0.15) is 0 Å². The minimum absolute atomic E-state index is 0.137. The van der Waals surface area contributed by atoms with Crippen LogP contribution in [0.25, 0.3) is 12.2 Å². The van der Waals surface area contributed by atoms with Crippen molar-refractivity contribution in [3.63, 3.8) is 0 Å². The first-order valence-electron chi connectivity index (χ1n) is 8.09. The average molecular weight is 333 g/mol. The van der Waals surface area contributed by atoms with Crippen LogP contribution in [0.1, 0.15) is 29.1 Å². The lowest BCUT2D eigenvalue weighted by atomic mass is 10.2. The number of carbonyl (C=O) groups is 1. The predicted molar refractivity (Wildman–Crippen MR) is 97.8 cm³/mol. The Balaban J connectivity index is 1.51. The van der Waals surface area contributed by atoms with E-state index >= 15 is 0 Å². The summed E-state index contributed by atoms with van der Waals surface area (Å²) in [4.78, 5) is 20.3. The van der Waals surface area contributed by atoms with Gasteiger partial charge in [0.1, 0.15) is 11.5 Å². The summed E-state index contributed by atoms with van der Waals surface area (Å²) in [6, 6.07) is 13.8. The Labute approximate surface area is 146 Å². The summed E-state index contributed by atoms with van der Waals surface area (Å²) in [7, 11) is 0. The Hall–Kier alpha value is -3.21. The molecule has 126 valence electrons. The first-order valence-corrected chi connectivity index (χ1v) is 8.09. The fourth-order valence-electron chi connectivity index (χ4n) is 2.29. The zero-order valence-corrected chi connectivity index (χ0v) is 14.0. The van der Waals surface area contributed by atoms with Gasteiger partial charge in [-0.05, 0) is 24.6 Å². The summed E-state index contributed by atoms with van der Waals surface area (Å²) >= 11 is 0. The molecule has 0 bridgehead atoms. The molecule has 0 fully saturated rings. The van der Waals surface area contributed by atoms with E-state index in [1.165, 1.54) is 0 Å². The Morgan fingerprint density at radius 2 is 1.76 bits per heavy atom. The standard InChI is InChI=1S/C20H19N3O2/c1-15-7-10-18(25-15)11-12-19(24)23-20-21-13-17(14-22-20)9-8-16-5-3-2-4-6-16/h2-10,13-14H,11-12H2,1H3,(H,21,22,23,24). The van der Waals surface area contributed by atoms with Crippen molar-refractivity contribution in [2.45, 2.75) is 19.8 Å². The molecule has 1 amide bonds. The number of nitrogens with one attached hydrogen (secondary N) is 1. The van der Waals surface area contributed by atoms with Crippen molar-refractivity contribution < 1.29 is 9.21 Å². The third-order valence-corrected chi connectivity index (χ3v) is 3.59. The fraction of sp³-hybridized carbons (Fsp3) is 0.150. The topological polar surface area (TPSA) is 68.0 Å². The van der Waals surface area contributed by atoms with Gasteiger partial charge in [-0.1, -0.05) is 42.5 Å². The number of rotatable bonds is 6. The molecule has 3 aromatic rings. The number of benzene rings is 1. The summed E-state index contributed by atoms with van der Waals surface area (Å²) in [5.74, 6) is 1.81. The number of aryl methyl sites for hydroxylation is 2. The summed E-state index contributed by atoms with van der Waals surface area (Å²) in [6.45, 7) is 1.88. The Morgan fingerprint density at radius 1 is 1.04 bits per heavy atom. The maximum absolute atomic E-state index is 11.9. The highest BCUT2D eigenvalue weighted by molar-refractivity contribution is 5.89. The van der Waals surface area contributed by atoms with Crippen LogP contribution in [-0.4, -0.2) is 15.9 Å². The van der Waals surface area contributed by atoms with Crippen molar-refractivity contribution in [3.05, 3.63) is 77.5 Å². The van der Waals surface area contributed by atoms with E-state index in [2.05, 4.69) is 15.3 Å². The van der Waals surface area contributed by atoms with Gasteiger partial charge in [0, 0.05) is 30.8 Å². The molecule has 0 spiro atoms. The number of nitrogens with zero attached hydrogens (tertiary/aromatic N) is 2. The second-order valence-corrected chi connectivity index (χ2v) is 5.64. The molecule has 2 aromatic heterocycles. The molecule has 0 saturated carbocycles. The lowest BCUT2D eigenvalue weighted by Gasteiger charge is -2.03. The Morgan fingerprint density at radius 3 is 2.44 bits per heavy atom. The van der Waals surface area contributed by atoms with Crippen LogP contribution in [0.5, 0.6) is 0 Å². The minimum Gasteiger partial charge on any atom is -0.466 e. The highest BCUT2D eigenvalue weighted by atomic mass is 16.3. The molecular formula is C20H19N3O2. The molecule has 0 radical (unpaired) electrons. The molecule has 0 unspecified atom stereocenters. The lowest BCUT2D eigenvalue weighted by Crippen LogP contribution is -2.14. The molecule has 0 aliphatic rings. The largest absolute Gasteiger partial charge is 0.466 e. The molecule has 5 nitrogen and oxygen atoms in total. The molecule has 0 aliphatic heterocycles. The van der Waals surface area contributed by atoms with E-state index in [-0.39, 0.29) is 5.91 Å². The van der Waals surface area contributed by atoms with Crippen LogP contribution >= 0.6 is 0 Å². The van der Waals surface area contributed by atoms with Gasteiger partial charge in [-0.25, -0.2) is 9.97 Å². The number of furan rings is 1. The molecule has 2 heterocycles. The summed E-state index contributed by atoms with van der Waals surface area (Å²) in [6.07, 6.45) is 8.15. The number of amides is 1. The molecule has 25 heavy (non-hydrogen) atoms. The quantitative estimate of drug-likeness (QED) is 0.737. The van der Waals surface area contributed by atoms with E-state index < -0.39 is 0 Å². The number of aromatic nitrogens is 2. The molecule has 0 saturated heterocycles. The van der Waals surface area contributed by atoms with Gasteiger partial charge >= 0.3 is 0 Å². The first kappa shape index (κ1) is 16.6. The zero-order chi connectivity index (χ0) is 17.5. The van der Waals surface area contributed by atoms with Crippen LogP contribution in [0.4, 0.5) is 5.95 Å². The van der Waals surface area contributed by atoms with E-state index in [4.69, 9.17) is 4.42 Å². The van der Waals surface area contributed by atoms with Crippen molar-refractivity contribution in [1.82, 2.24) is 9.97 Å². The summed E-state index contributed by atoms with van der Waals surface area (Å²) < 4.78 is 5.44. The molecule has 5 heteroatoms. The van der Waals surface area contributed by atoms with Gasteiger partial charge in [0.25, 0.3) is 0 Å². The second kappa shape index (κ2) is 8.06. The molecular weight excluding hydrogens is 314 g/mol. The van der Waals surface area contributed by atoms with Gasteiger partial charge in [-0.3, -0.25) is 10.1 Å². The van der Waals surface area contributed by atoms with Crippen molar-refractivity contribution >= 4 is 24.0 Å². The third-order valence-electron chi connectivity index (χ3n) is 3.59. The SMILES string of the molecule is Cc1ccc(CCC(=O)Nc2ncc(C=Cc3ccccc3)cn2)o1. The Bertz CT molecular complexity index is 852. The van der Waals surface area contributed by atoms with Crippen molar-refractivity contribution in [2.75, 3.05) is 5.32 Å². The monoisotopic (exact) mass is 333 g/mol. The number of anilines is 1. The first-order chi connectivity index (χ1) is 12.2. The molecule has 0 atom stereocenters. The van der Waals surface area contributed by atoms with E-state index in [0.717, 1.165) is 22.6 Å². The summed E-state index contributed by atoms with van der Waals surface area (Å²) in [5.41, 5.74) is 1.97. The Kier molecular flexibility index (Phi) is 5.36. The van der Waals surface area contributed by atoms with Gasteiger partial charge in [0.15, 0.2) is 0 Å². The van der Waals surface area contributed by atoms with Gasteiger partial charge in [-0.15, -0.1) is 0 Å². The minimum atomic E-state index is -0.137. The van der Waals surface area contributed by atoms with E-state index in [9.17, 15) is 4.79 Å². The third kappa shape index (κ3) is 5.14. The number of hydrogen-bond donors (Lipinski definition) is 1. The van der Waals surface area contributed by atoms with Crippen molar-refractivity contribution in [3.8, 4) is 0 Å². The lowest BCUT2D eigenvalue weighted by molar-refractivity contribution is -0.116. The maximum Gasteiger partial charge on any atom is 0.229 e. The van der Waals surface area contributed by atoms with Crippen LogP contribution in [0.3, 0.4) is 0 Å². The molecule has 1 aromatic carbocycles. The van der Waals surface area contributed by atoms with Gasteiger partial charge in [0.2, 0.25) is 11.9 Å². The zero-order valence-electron chi connectivity index (χ0n) is 14.0. The normalized spacial score (nSPS) is 10.9. The number of carbonyl (C=O) groups excluding carboxylic acids is 1. The van der Waals surface area contributed by atoms with Crippen molar-refractivity contribution in [2.24, 2.45) is 0 Å². The van der Waals surface area contributed by atoms with Crippen LogP contribution in [0, 0.1) is 6.92 Å². The molecule has 3 rings (SSSR count). The van der Waals surface area contributed by atoms with E-state index in [1.807, 2.05) is 61.5 Å². The fourth-order valence-corrected chi connectivity index (χ4v) is 2.29.